The first-order valence-corrected chi connectivity index (χ1v) is 9.42. The Labute approximate surface area is 144 Å². The number of hydrogen-bond acceptors (Lipinski definition) is 3. The number of hydrogen-bond donors (Lipinski definition) is 2. The highest BCUT2D eigenvalue weighted by Crippen LogP contribution is 2.34. The molecule has 1 atom stereocenters. The molecule has 1 aliphatic carbocycles. The van der Waals surface area contributed by atoms with Crippen LogP contribution in [0.3, 0.4) is 0 Å². The van der Waals surface area contributed by atoms with E-state index in [-0.39, 0.29) is 36.9 Å². The monoisotopic (exact) mass is 337 g/mol. The number of rotatable bonds is 9. The zero-order valence-electron chi connectivity index (χ0n) is 15.0. The van der Waals surface area contributed by atoms with Crippen LogP contribution in [-0.2, 0) is 9.59 Å². The van der Waals surface area contributed by atoms with E-state index in [1.807, 2.05) is 6.92 Å². The van der Waals surface area contributed by atoms with E-state index >= 15 is 0 Å². The molecule has 2 rings (SSSR count). The smallest absolute Gasteiger partial charge is 0.325 e. The van der Waals surface area contributed by atoms with E-state index in [4.69, 9.17) is 0 Å². The molecule has 1 saturated heterocycles. The van der Waals surface area contributed by atoms with E-state index in [1.54, 1.807) is 0 Å². The van der Waals surface area contributed by atoms with Crippen molar-refractivity contribution in [3.05, 3.63) is 0 Å². The van der Waals surface area contributed by atoms with Crippen molar-refractivity contribution in [2.75, 3.05) is 6.54 Å². The van der Waals surface area contributed by atoms with Crippen LogP contribution in [0.1, 0.15) is 78.1 Å². The van der Waals surface area contributed by atoms with Gasteiger partial charge in [-0.1, -0.05) is 45.4 Å². The molecule has 136 valence electrons. The van der Waals surface area contributed by atoms with Crippen LogP contribution in [0.5, 0.6) is 0 Å². The largest absolute Gasteiger partial charge is 0.354 e. The van der Waals surface area contributed by atoms with Crippen LogP contribution in [-0.4, -0.2) is 40.9 Å². The predicted molar refractivity (Wildman–Crippen MR) is 92.4 cm³/mol. The predicted octanol–water partition coefficient (Wildman–Crippen LogP) is 2.72. The second-order valence-electron chi connectivity index (χ2n) is 7.24. The van der Waals surface area contributed by atoms with Crippen molar-refractivity contribution in [1.82, 2.24) is 15.5 Å². The van der Waals surface area contributed by atoms with Crippen LogP contribution < -0.4 is 10.6 Å². The van der Waals surface area contributed by atoms with Crippen LogP contribution in [0.2, 0.25) is 0 Å². The molecule has 2 N–H and O–H groups in total. The molecule has 0 radical (unpaired) electrons. The van der Waals surface area contributed by atoms with Crippen LogP contribution in [0.25, 0.3) is 0 Å². The zero-order chi connectivity index (χ0) is 17.6. The molecule has 0 aromatic rings. The molecule has 1 saturated carbocycles. The number of urea groups is 1. The average Bonchev–Trinajstić information content (AvgIpc) is 3.09. The normalized spacial score (nSPS) is 20.5. The van der Waals surface area contributed by atoms with E-state index < -0.39 is 5.54 Å². The molecule has 1 unspecified atom stereocenters. The summed E-state index contributed by atoms with van der Waals surface area (Å²) >= 11 is 0. The minimum atomic E-state index is -0.680. The Kier molecular flexibility index (Phi) is 6.63. The Bertz CT molecular complexity index is 472. The van der Waals surface area contributed by atoms with Gasteiger partial charge in [0.05, 0.1) is 0 Å². The maximum atomic E-state index is 12.5. The van der Waals surface area contributed by atoms with Gasteiger partial charge in [0, 0.05) is 19.0 Å². The fraction of sp³-hybridized carbons (Fsp3) is 0.833. The molecule has 2 aliphatic rings. The Balaban J connectivity index is 1.71. The summed E-state index contributed by atoms with van der Waals surface area (Å²) in [7, 11) is 0. The Morgan fingerprint density at radius 3 is 2.62 bits per heavy atom. The number of amides is 4. The zero-order valence-corrected chi connectivity index (χ0v) is 15.0. The third-order valence-corrected chi connectivity index (χ3v) is 5.16. The highest BCUT2D eigenvalue weighted by Gasteiger charge is 2.52. The lowest BCUT2D eigenvalue weighted by Gasteiger charge is -2.20. The van der Waals surface area contributed by atoms with Crippen LogP contribution in [0.15, 0.2) is 0 Å². The standard InChI is InChI=1S/C18H31N3O3/c1-3-4-5-6-9-14(2)19-15(22)10-13-21-16(23)18(20-17(21)24)11-7-8-12-18/h14H,3-13H2,1-2H3,(H,19,22)(H,20,24). The number of carbonyl (C=O) groups is 3. The van der Waals surface area contributed by atoms with Gasteiger partial charge in [-0.2, -0.15) is 0 Å². The van der Waals surface area contributed by atoms with Crippen LogP contribution in [0, 0.1) is 0 Å². The van der Waals surface area contributed by atoms with E-state index in [9.17, 15) is 14.4 Å². The number of imide groups is 1. The first kappa shape index (κ1) is 18.7. The van der Waals surface area contributed by atoms with E-state index in [2.05, 4.69) is 17.6 Å². The topological polar surface area (TPSA) is 78.5 Å². The summed E-state index contributed by atoms with van der Waals surface area (Å²) in [6, 6.07) is -0.207. The lowest BCUT2D eigenvalue weighted by molar-refractivity contribution is -0.131. The third-order valence-electron chi connectivity index (χ3n) is 5.16. The molecule has 4 amide bonds. The van der Waals surface area contributed by atoms with Crippen molar-refractivity contribution < 1.29 is 14.4 Å². The molecule has 2 fully saturated rings. The molecule has 1 spiro atoms. The van der Waals surface area contributed by atoms with E-state index in [0.717, 1.165) is 38.5 Å². The van der Waals surface area contributed by atoms with Gasteiger partial charge in [-0.15, -0.1) is 0 Å². The summed E-state index contributed by atoms with van der Waals surface area (Å²) in [5.74, 6) is -0.239. The molecule has 1 heterocycles. The van der Waals surface area contributed by atoms with Gasteiger partial charge in [-0.05, 0) is 26.2 Å². The third kappa shape index (κ3) is 4.48. The van der Waals surface area contributed by atoms with Gasteiger partial charge in [0.1, 0.15) is 5.54 Å². The second kappa shape index (κ2) is 8.49. The summed E-state index contributed by atoms with van der Waals surface area (Å²) in [5, 5.41) is 5.80. The van der Waals surface area contributed by atoms with Crippen LogP contribution in [0.4, 0.5) is 4.79 Å². The SMILES string of the molecule is CCCCCCC(C)NC(=O)CCN1C(=O)NC2(CCCC2)C1=O. The highest BCUT2D eigenvalue weighted by atomic mass is 16.2. The number of carbonyl (C=O) groups excluding carboxylic acids is 3. The van der Waals surface area contributed by atoms with Crippen molar-refractivity contribution in [3.63, 3.8) is 0 Å². The molecule has 24 heavy (non-hydrogen) atoms. The molecule has 1 aliphatic heterocycles. The van der Waals surface area contributed by atoms with Gasteiger partial charge in [0.25, 0.3) is 5.91 Å². The van der Waals surface area contributed by atoms with Crippen molar-refractivity contribution in [2.24, 2.45) is 0 Å². The van der Waals surface area contributed by atoms with Gasteiger partial charge in [-0.3, -0.25) is 14.5 Å². The summed E-state index contributed by atoms with van der Waals surface area (Å²) in [4.78, 5) is 37.8. The van der Waals surface area contributed by atoms with Crippen molar-refractivity contribution in [3.8, 4) is 0 Å². The van der Waals surface area contributed by atoms with Gasteiger partial charge in [-0.25, -0.2) is 4.79 Å². The van der Waals surface area contributed by atoms with Crippen molar-refractivity contribution in [2.45, 2.75) is 89.6 Å². The number of nitrogens with one attached hydrogen (secondary N) is 2. The molecular weight excluding hydrogens is 306 g/mol. The second-order valence-corrected chi connectivity index (χ2v) is 7.24. The minimum absolute atomic E-state index is 0.0917. The highest BCUT2D eigenvalue weighted by molar-refractivity contribution is 6.07. The summed E-state index contributed by atoms with van der Waals surface area (Å²) < 4.78 is 0. The fourth-order valence-electron chi connectivity index (χ4n) is 3.71. The first-order valence-electron chi connectivity index (χ1n) is 9.42. The summed E-state index contributed by atoms with van der Waals surface area (Å²) in [5.41, 5.74) is -0.680. The van der Waals surface area contributed by atoms with Crippen molar-refractivity contribution in [1.29, 1.82) is 0 Å². The average molecular weight is 337 g/mol. The Hall–Kier alpha value is -1.59. The quantitative estimate of drug-likeness (QED) is 0.501. The van der Waals surface area contributed by atoms with Crippen molar-refractivity contribution >= 4 is 17.8 Å². The molecule has 0 aromatic carbocycles. The fourth-order valence-corrected chi connectivity index (χ4v) is 3.71. The summed E-state index contributed by atoms with van der Waals surface area (Å²) in [6.07, 6.45) is 9.26. The molecule has 6 nitrogen and oxygen atoms in total. The minimum Gasteiger partial charge on any atom is -0.354 e. The van der Waals surface area contributed by atoms with E-state index in [0.29, 0.717) is 0 Å². The summed E-state index contributed by atoms with van der Waals surface area (Å²) in [6.45, 7) is 4.35. The molecular formula is C18H31N3O3. The Morgan fingerprint density at radius 1 is 1.25 bits per heavy atom. The maximum Gasteiger partial charge on any atom is 0.325 e. The Morgan fingerprint density at radius 2 is 1.96 bits per heavy atom. The lowest BCUT2D eigenvalue weighted by atomic mass is 9.98. The molecule has 6 heteroatoms. The van der Waals surface area contributed by atoms with Gasteiger partial charge in [0.2, 0.25) is 5.91 Å². The van der Waals surface area contributed by atoms with Gasteiger partial charge in [0.15, 0.2) is 0 Å². The number of unbranched alkanes of at least 4 members (excludes halogenated alkanes) is 3. The lowest BCUT2D eigenvalue weighted by Crippen LogP contribution is -2.44. The molecule has 0 bridgehead atoms. The van der Waals surface area contributed by atoms with Gasteiger partial charge < -0.3 is 10.6 Å². The first-order chi connectivity index (χ1) is 11.5. The van der Waals surface area contributed by atoms with E-state index in [1.165, 1.54) is 24.2 Å². The van der Waals surface area contributed by atoms with Crippen LogP contribution >= 0.6 is 0 Å². The van der Waals surface area contributed by atoms with Gasteiger partial charge >= 0.3 is 6.03 Å². The number of nitrogens with zero attached hydrogens (tertiary/aromatic N) is 1. The molecule has 0 aromatic heterocycles. The maximum absolute atomic E-state index is 12.5.